The van der Waals surface area contributed by atoms with Crippen LogP contribution in [0.5, 0.6) is 5.75 Å². The molecule has 0 bridgehead atoms. The van der Waals surface area contributed by atoms with Crippen LogP contribution in [-0.4, -0.2) is 18.1 Å². The van der Waals surface area contributed by atoms with Crippen LogP contribution >= 0.6 is 0 Å². The number of unbranched alkanes of at least 4 members (excludes halogenated alkanes) is 1. The van der Waals surface area contributed by atoms with Gasteiger partial charge in [-0.3, -0.25) is 4.79 Å². The topological polar surface area (TPSA) is 47.6 Å². The van der Waals surface area contributed by atoms with E-state index in [1.165, 1.54) is 0 Å². The Morgan fingerprint density at radius 2 is 1.73 bits per heavy atom. The molecule has 26 heavy (non-hydrogen) atoms. The molecule has 0 aliphatic heterocycles. The highest BCUT2D eigenvalue weighted by molar-refractivity contribution is 5.97. The van der Waals surface area contributed by atoms with Crippen LogP contribution in [0.1, 0.15) is 45.6 Å². The van der Waals surface area contributed by atoms with Gasteiger partial charge in [-0.05, 0) is 50.1 Å². The Bertz CT molecular complexity index is 670. The molecule has 0 saturated heterocycles. The van der Waals surface area contributed by atoms with Crippen molar-refractivity contribution in [1.29, 1.82) is 0 Å². The molecular weight excluding hydrogens is 326 g/mol. The molecule has 0 heterocycles. The van der Waals surface area contributed by atoms with Crippen molar-refractivity contribution in [3.63, 3.8) is 0 Å². The predicted octanol–water partition coefficient (Wildman–Crippen LogP) is 5.19. The number of amides is 1. The van der Waals surface area contributed by atoms with Crippen molar-refractivity contribution in [2.75, 3.05) is 11.9 Å². The molecule has 0 unspecified atom stereocenters. The summed E-state index contributed by atoms with van der Waals surface area (Å²) in [5.74, 6) is 0.663. The average molecular weight is 355 g/mol. The minimum Gasteiger partial charge on any atom is -0.489 e. The van der Waals surface area contributed by atoms with Gasteiger partial charge in [-0.25, -0.2) is 0 Å². The van der Waals surface area contributed by atoms with Crippen LogP contribution in [0.3, 0.4) is 0 Å². The molecular formula is C22H29NO3. The zero-order valence-electron chi connectivity index (χ0n) is 16.0. The molecule has 4 heteroatoms. The van der Waals surface area contributed by atoms with Crippen LogP contribution in [0.25, 0.3) is 0 Å². The summed E-state index contributed by atoms with van der Waals surface area (Å²) in [5.41, 5.74) is 1.06. The second kappa shape index (κ2) is 9.97. The van der Waals surface area contributed by atoms with Gasteiger partial charge in [0.15, 0.2) is 0 Å². The zero-order chi connectivity index (χ0) is 18.8. The van der Waals surface area contributed by atoms with Crippen molar-refractivity contribution in [2.45, 2.75) is 52.2 Å². The van der Waals surface area contributed by atoms with Gasteiger partial charge in [0.1, 0.15) is 18.0 Å². The number of rotatable bonds is 10. The Hall–Kier alpha value is -2.33. The van der Waals surface area contributed by atoms with Crippen molar-refractivity contribution in [3.05, 3.63) is 60.2 Å². The number of hydrogen-bond acceptors (Lipinski definition) is 3. The third-order valence-electron chi connectivity index (χ3n) is 4.31. The van der Waals surface area contributed by atoms with E-state index in [1.54, 1.807) is 0 Å². The molecule has 4 nitrogen and oxygen atoms in total. The first-order chi connectivity index (χ1) is 12.6. The highest BCUT2D eigenvalue weighted by Gasteiger charge is 2.33. The van der Waals surface area contributed by atoms with Crippen molar-refractivity contribution < 1.29 is 14.3 Å². The quantitative estimate of drug-likeness (QED) is 0.638. The van der Waals surface area contributed by atoms with E-state index in [1.807, 2.05) is 68.4 Å². The van der Waals surface area contributed by atoms with Crippen LogP contribution in [0, 0.1) is 0 Å². The van der Waals surface area contributed by atoms with E-state index in [-0.39, 0.29) is 5.91 Å². The third kappa shape index (κ3) is 5.88. The van der Waals surface area contributed by atoms with Crippen LogP contribution in [0.2, 0.25) is 0 Å². The SMILES string of the molecule is CCCC[C@](C)(OCC)C(=O)Nc1ccc(OCc2ccccc2)cc1. The molecule has 0 spiro atoms. The fourth-order valence-corrected chi connectivity index (χ4v) is 2.72. The second-order valence-electron chi connectivity index (χ2n) is 6.52. The number of anilines is 1. The molecule has 0 aromatic heterocycles. The standard InChI is InChI=1S/C22H29NO3/c1-4-6-16-22(3,26-5-2)21(24)23-19-12-14-20(15-13-19)25-17-18-10-8-7-9-11-18/h7-15H,4-6,16-17H2,1-3H3,(H,23,24)/t22-/m0/s1. The van der Waals surface area contributed by atoms with Gasteiger partial charge >= 0.3 is 0 Å². The fourth-order valence-electron chi connectivity index (χ4n) is 2.72. The summed E-state index contributed by atoms with van der Waals surface area (Å²) >= 11 is 0. The predicted molar refractivity (Wildman–Crippen MR) is 105 cm³/mol. The van der Waals surface area contributed by atoms with E-state index < -0.39 is 5.60 Å². The Balaban J connectivity index is 1.93. The van der Waals surface area contributed by atoms with Gasteiger partial charge in [0.25, 0.3) is 5.91 Å². The van der Waals surface area contributed by atoms with Gasteiger partial charge < -0.3 is 14.8 Å². The zero-order valence-corrected chi connectivity index (χ0v) is 16.0. The summed E-state index contributed by atoms with van der Waals surface area (Å²) in [6, 6.07) is 17.5. The molecule has 1 amide bonds. The number of benzene rings is 2. The Labute approximate surface area is 156 Å². The molecule has 2 rings (SSSR count). The largest absolute Gasteiger partial charge is 0.489 e. The molecule has 0 aliphatic rings. The molecule has 0 saturated carbocycles. The van der Waals surface area contributed by atoms with Gasteiger partial charge in [0.05, 0.1) is 0 Å². The van der Waals surface area contributed by atoms with Crippen LogP contribution in [-0.2, 0) is 16.1 Å². The van der Waals surface area contributed by atoms with E-state index in [2.05, 4.69) is 12.2 Å². The van der Waals surface area contributed by atoms with Gasteiger partial charge in [-0.2, -0.15) is 0 Å². The molecule has 2 aromatic rings. The maximum absolute atomic E-state index is 12.7. The molecule has 1 N–H and O–H groups in total. The maximum atomic E-state index is 12.7. The lowest BCUT2D eigenvalue weighted by molar-refractivity contribution is -0.139. The number of ether oxygens (including phenoxy) is 2. The smallest absolute Gasteiger partial charge is 0.256 e. The Kier molecular flexibility index (Phi) is 7.67. The normalized spacial score (nSPS) is 13.0. The second-order valence-corrected chi connectivity index (χ2v) is 6.52. The lowest BCUT2D eigenvalue weighted by Gasteiger charge is -2.28. The number of hydrogen-bond donors (Lipinski definition) is 1. The van der Waals surface area contributed by atoms with E-state index in [0.29, 0.717) is 19.6 Å². The molecule has 2 aromatic carbocycles. The van der Waals surface area contributed by atoms with Crippen LogP contribution in [0.15, 0.2) is 54.6 Å². The summed E-state index contributed by atoms with van der Waals surface area (Å²) in [6.45, 7) is 6.92. The first-order valence-electron chi connectivity index (χ1n) is 9.29. The lowest BCUT2D eigenvalue weighted by Crippen LogP contribution is -2.42. The van der Waals surface area contributed by atoms with E-state index in [9.17, 15) is 4.79 Å². The Morgan fingerprint density at radius 3 is 2.35 bits per heavy atom. The highest BCUT2D eigenvalue weighted by atomic mass is 16.5. The minimum atomic E-state index is -0.798. The van der Waals surface area contributed by atoms with Gasteiger partial charge in [-0.15, -0.1) is 0 Å². The molecule has 0 fully saturated rings. The van der Waals surface area contributed by atoms with Gasteiger partial charge in [0, 0.05) is 12.3 Å². The van der Waals surface area contributed by atoms with Crippen LogP contribution in [0.4, 0.5) is 5.69 Å². The fraction of sp³-hybridized carbons (Fsp3) is 0.409. The van der Waals surface area contributed by atoms with Gasteiger partial charge in [0.2, 0.25) is 0 Å². The molecule has 1 atom stereocenters. The van der Waals surface area contributed by atoms with Crippen molar-refractivity contribution in [2.24, 2.45) is 0 Å². The first kappa shape index (κ1) is 20.0. The molecule has 140 valence electrons. The van der Waals surface area contributed by atoms with Crippen molar-refractivity contribution >= 4 is 11.6 Å². The van der Waals surface area contributed by atoms with Crippen molar-refractivity contribution in [3.8, 4) is 5.75 Å². The average Bonchev–Trinajstić information content (AvgIpc) is 2.67. The Morgan fingerprint density at radius 1 is 1.04 bits per heavy atom. The monoisotopic (exact) mass is 355 g/mol. The lowest BCUT2D eigenvalue weighted by atomic mass is 9.97. The summed E-state index contributed by atoms with van der Waals surface area (Å²) in [6.07, 6.45) is 2.70. The first-order valence-corrected chi connectivity index (χ1v) is 9.29. The van der Waals surface area contributed by atoms with Crippen LogP contribution < -0.4 is 10.1 Å². The maximum Gasteiger partial charge on any atom is 0.256 e. The summed E-state index contributed by atoms with van der Waals surface area (Å²) in [5, 5.41) is 2.96. The van der Waals surface area contributed by atoms with Crippen molar-refractivity contribution in [1.82, 2.24) is 0 Å². The summed E-state index contributed by atoms with van der Waals surface area (Å²) in [7, 11) is 0. The van der Waals surface area contributed by atoms with E-state index in [0.717, 1.165) is 29.8 Å². The molecule has 0 radical (unpaired) electrons. The third-order valence-corrected chi connectivity index (χ3v) is 4.31. The number of nitrogens with one attached hydrogen (secondary N) is 1. The summed E-state index contributed by atoms with van der Waals surface area (Å²) in [4.78, 5) is 12.7. The van der Waals surface area contributed by atoms with E-state index in [4.69, 9.17) is 9.47 Å². The highest BCUT2D eigenvalue weighted by Crippen LogP contribution is 2.23. The number of carbonyl (C=O) groups excluding carboxylic acids is 1. The van der Waals surface area contributed by atoms with Gasteiger partial charge in [-0.1, -0.05) is 50.1 Å². The number of carbonyl (C=O) groups is 1. The summed E-state index contributed by atoms with van der Waals surface area (Å²) < 4.78 is 11.5. The molecule has 0 aliphatic carbocycles. The van der Waals surface area contributed by atoms with E-state index >= 15 is 0 Å². The minimum absolute atomic E-state index is 0.106.